The van der Waals surface area contributed by atoms with E-state index < -0.39 is 22.0 Å². The van der Waals surface area contributed by atoms with Crippen molar-refractivity contribution in [3.8, 4) is 6.07 Å². The van der Waals surface area contributed by atoms with Crippen molar-refractivity contribution in [2.75, 3.05) is 0 Å². The molecule has 0 aromatic heterocycles. The van der Waals surface area contributed by atoms with Crippen molar-refractivity contribution in [1.29, 1.82) is 5.26 Å². The van der Waals surface area contributed by atoms with E-state index in [1.165, 1.54) is 31.2 Å². The minimum Gasteiger partial charge on any atom is -0.237 e. The highest BCUT2D eigenvalue weighted by atomic mass is 32.2. The van der Waals surface area contributed by atoms with Gasteiger partial charge in [0, 0.05) is 6.21 Å². The van der Waals surface area contributed by atoms with Gasteiger partial charge in [0.1, 0.15) is 17.0 Å². The molecule has 0 amide bonds. The molecule has 4 rings (SSSR count). The monoisotopic (exact) mass is 581 g/mol. The fraction of sp³-hybridized carbons (Fsp3) is 0.576. The average Bonchev–Trinajstić information content (AvgIpc) is 2.90. The van der Waals surface area contributed by atoms with Crippen LogP contribution in [0.4, 0.5) is 0 Å². The quantitative estimate of drug-likeness (QED) is 0.340. The lowest BCUT2D eigenvalue weighted by atomic mass is 9.74. The molecule has 2 aromatic carbocycles. The summed E-state index contributed by atoms with van der Waals surface area (Å²) < 4.78 is 31.7. The Hall–Kier alpha value is -2.14. The predicted octanol–water partition coefficient (Wildman–Crippen LogP) is 7.73. The molecule has 0 aliphatic heterocycles. The number of benzene rings is 2. The van der Waals surface area contributed by atoms with Gasteiger partial charge in [0.15, 0.2) is 11.0 Å². The molecule has 0 saturated heterocycles. The smallest absolute Gasteiger partial charge is 0.172 e. The van der Waals surface area contributed by atoms with E-state index >= 15 is 0 Å². The Morgan fingerprint density at radius 2 is 1.23 bits per heavy atom. The maximum atomic E-state index is 12.4. The highest BCUT2D eigenvalue weighted by Gasteiger charge is 2.31. The molecule has 40 heavy (non-hydrogen) atoms. The fourth-order valence-electron chi connectivity index (χ4n) is 6.34. The van der Waals surface area contributed by atoms with Gasteiger partial charge in [0.05, 0.1) is 15.9 Å². The number of rotatable bonds is 7. The number of nitrogens with one attached hydrogen (secondary N) is 1. The summed E-state index contributed by atoms with van der Waals surface area (Å²) in [7, 11) is -2.56. The van der Waals surface area contributed by atoms with E-state index in [1.54, 1.807) is 0 Å². The second-order valence-corrected chi connectivity index (χ2v) is 14.9. The zero-order chi connectivity index (χ0) is 29.2. The summed E-state index contributed by atoms with van der Waals surface area (Å²) in [5.41, 5.74) is 2.32. The van der Waals surface area contributed by atoms with Crippen LogP contribution in [0.15, 0.2) is 62.7 Å². The molecule has 7 heteroatoms. The van der Waals surface area contributed by atoms with Gasteiger partial charge >= 0.3 is 0 Å². The molecule has 1 N–H and O–H groups in total. The van der Waals surface area contributed by atoms with Crippen molar-refractivity contribution in [1.82, 2.24) is 4.72 Å². The first-order valence-corrected chi connectivity index (χ1v) is 17.0. The number of hydrogen-bond donors (Lipinski definition) is 1. The van der Waals surface area contributed by atoms with Gasteiger partial charge in [-0.2, -0.15) is 9.66 Å². The Morgan fingerprint density at radius 1 is 0.775 bits per heavy atom. The van der Waals surface area contributed by atoms with Crippen LogP contribution in [0.3, 0.4) is 0 Å². The molecule has 0 heterocycles. The van der Waals surface area contributed by atoms with Crippen molar-refractivity contribution >= 4 is 28.2 Å². The third kappa shape index (κ3) is 10.4. The molecule has 0 bridgehead atoms. The van der Waals surface area contributed by atoms with Crippen LogP contribution in [-0.4, -0.2) is 20.7 Å². The SMILES string of the molecule is Cc1ccc(S(=O)N=CC2C[C@@H](C)C[C@@H](C)C2)cc1.Cc1ccc(S(=O)N[C@H](C#N)C2C[C@@H](C)C[C@@H](C)C2)cc1. The van der Waals surface area contributed by atoms with Gasteiger partial charge in [-0.05, 0) is 112 Å². The highest BCUT2D eigenvalue weighted by molar-refractivity contribution is 7.84. The molecule has 2 aromatic rings. The number of hydrogen-bond acceptors (Lipinski definition) is 3. The summed E-state index contributed by atoms with van der Waals surface area (Å²) in [6.45, 7) is 13.1. The molecule has 2 aliphatic rings. The molecule has 2 saturated carbocycles. The molecule has 5 nitrogen and oxygen atoms in total. The number of aryl methyl sites for hydroxylation is 2. The zero-order valence-electron chi connectivity index (χ0n) is 25.0. The van der Waals surface area contributed by atoms with E-state index in [0.717, 1.165) is 40.0 Å². The first kappa shape index (κ1) is 32.4. The normalized spacial score (nSPS) is 29.0. The standard InChI is InChI=1S/C17H24N2OS.C16H23NOS/c1-12-4-6-16(7-5-12)21(20)19-17(11-18)15-9-13(2)8-14(3)10-15;1-12-4-6-16(7-5-12)19(18)17-11-15-9-13(2)8-14(3)10-15/h4-7,13-15,17,19H,8-10H2,1-3H3;4-7,11,13-15H,8-10H2,1-3H3/t13-,14+,15?,17-,21?;13-,14+,15?,19?/m1./s1. The maximum Gasteiger partial charge on any atom is 0.172 e. The summed E-state index contributed by atoms with van der Waals surface area (Å²) in [5, 5.41) is 9.44. The lowest BCUT2D eigenvalue weighted by Gasteiger charge is -2.33. The van der Waals surface area contributed by atoms with Crippen LogP contribution in [0.1, 0.15) is 77.3 Å². The summed E-state index contributed by atoms with van der Waals surface area (Å²) in [4.78, 5) is 1.52. The van der Waals surface area contributed by atoms with Gasteiger partial charge < -0.3 is 0 Å². The van der Waals surface area contributed by atoms with Crippen LogP contribution in [-0.2, 0) is 22.0 Å². The Kier molecular flexibility index (Phi) is 12.7. The number of nitrogens with zero attached hydrogens (tertiary/aromatic N) is 2. The van der Waals surface area contributed by atoms with E-state index in [1.807, 2.05) is 68.6 Å². The van der Waals surface area contributed by atoms with Gasteiger partial charge in [-0.1, -0.05) is 63.1 Å². The first-order chi connectivity index (χ1) is 19.0. The molecular weight excluding hydrogens is 535 g/mol. The van der Waals surface area contributed by atoms with Crippen molar-refractivity contribution < 1.29 is 8.42 Å². The molecule has 9 atom stereocenters. The lowest BCUT2D eigenvalue weighted by Crippen LogP contribution is -2.39. The molecule has 0 spiro atoms. The largest absolute Gasteiger partial charge is 0.237 e. The summed E-state index contributed by atoms with van der Waals surface area (Å²) in [6, 6.07) is 17.4. The van der Waals surface area contributed by atoms with Crippen LogP contribution < -0.4 is 4.72 Å². The average molecular weight is 582 g/mol. The van der Waals surface area contributed by atoms with Gasteiger partial charge in [0.2, 0.25) is 0 Å². The molecule has 4 unspecified atom stereocenters. The Morgan fingerprint density at radius 3 is 1.70 bits per heavy atom. The third-order valence-electron chi connectivity index (χ3n) is 8.10. The summed E-state index contributed by atoms with van der Waals surface area (Å²) >= 11 is 0. The summed E-state index contributed by atoms with van der Waals surface area (Å²) in [5.74, 6) is 3.59. The van der Waals surface area contributed by atoms with Crippen LogP contribution in [0.5, 0.6) is 0 Å². The minimum absolute atomic E-state index is 0.295. The van der Waals surface area contributed by atoms with Gasteiger partial charge in [-0.3, -0.25) is 0 Å². The molecule has 2 aliphatic carbocycles. The Balaban J connectivity index is 0.000000222. The van der Waals surface area contributed by atoms with Gasteiger partial charge in [-0.25, -0.2) is 13.1 Å². The van der Waals surface area contributed by atoms with E-state index in [0.29, 0.717) is 23.7 Å². The van der Waals surface area contributed by atoms with Crippen molar-refractivity contribution in [3.05, 3.63) is 59.7 Å². The number of nitriles is 1. The minimum atomic E-state index is -1.32. The second kappa shape index (κ2) is 15.7. The Bertz CT molecular complexity index is 1170. The maximum absolute atomic E-state index is 12.4. The van der Waals surface area contributed by atoms with E-state index in [2.05, 4.69) is 42.9 Å². The van der Waals surface area contributed by atoms with Crippen LogP contribution >= 0.6 is 0 Å². The summed E-state index contributed by atoms with van der Waals surface area (Å²) in [6.07, 6.45) is 8.92. The van der Waals surface area contributed by atoms with Crippen LogP contribution in [0, 0.1) is 60.7 Å². The lowest BCUT2D eigenvalue weighted by molar-refractivity contribution is 0.204. The molecule has 218 valence electrons. The third-order valence-corrected chi connectivity index (χ3v) is 10.3. The van der Waals surface area contributed by atoms with Crippen LogP contribution in [0.2, 0.25) is 0 Å². The van der Waals surface area contributed by atoms with Gasteiger partial charge in [-0.15, -0.1) is 0 Å². The van der Waals surface area contributed by atoms with E-state index in [-0.39, 0.29) is 6.04 Å². The Labute approximate surface area is 247 Å². The van der Waals surface area contributed by atoms with Crippen LogP contribution in [0.25, 0.3) is 0 Å². The second-order valence-electron chi connectivity index (χ2n) is 12.5. The fourth-order valence-corrected chi connectivity index (χ4v) is 8.11. The van der Waals surface area contributed by atoms with Crippen molar-refractivity contribution in [2.45, 2.75) is 95.9 Å². The van der Waals surface area contributed by atoms with Crippen molar-refractivity contribution in [3.63, 3.8) is 0 Å². The van der Waals surface area contributed by atoms with Crippen molar-refractivity contribution in [2.24, 2.45) is 39.9 Å². The van der Waals surface area contributed by atoms with E-state index in [9.17, 15) is 13.7 Å². The zero-order valence-corrected chi connectivity index (χ0v) is 26.6. The predicted molar refractivity (Wildman–Crippen MR) is 168 cm³/mol. The molecular formula is C33H47N3O2S2. The molecule has 0 radical (unpaired) electrons. The van der Waals surface area contributed by atoms with Gasteiger partial charge in [0.25, 0.3) is 0 Å². The molecule has 2 fully saturated rings. The van der Waals surface area contributed by atoms with E-state index in [4.69, 9.17) is 0 Å². The topological polar surface area (TPSA) is 82.3 Å². The first-order valence-electron chi connectivity index (χ1n) is 14.7. The highest BCUT2D eigenvalue weighted by Crippen LogP contribution is 2.35.